The summed E-state index contributed by atoms with van der Waals surface area (Å²) in [6.07, 6.45) is 2.57. The standard InChI is InChI=1S/C28H40BN5O6/c1-28(2,33-13-11-32(12-14-33)24-18-39-19-24)16-22(17-30)26(35)34-10-6-9-23(34)20-40-27(36)31-25(29(37)38)15-21-7-4-3-5-8-21/h3-5,7-8,16,23-25,37-38H,6,9-15,18-20H2,1-2H3,(H,31,36)/b22-16+/t23-,25+/m1/s1. The van der Waals surface area contributed by atoms with E-state index in [-0.39, 0.29) is 30.5 Å². The number of ether oxygens (including phenoxy) is 2. The van der Waals surface area contributed by atoms with Crippen LogP contribution in [0.2, 0.25) is 0 Å². The van der Waals surface area contributed by atoms with Crippen molar-refractivity contribution in [3.8, 4) is 6.07 Å². The normalized spacial score (nSPS) is 21.8. The molecule has 3 aliphatic heterocycles. The highest BCUT2D eigenvalue weighted by Crippen LogP contribution is 2.25. The topological polar surface area (TPSA) is 139 Å². The molecule has 0 unspecified atom stereocenters. The molecule has 0 aromatic heterocycles. The molecule has 0 saturated carbocycles. The molecule has 40 heavy (non-hydrogen) atoms. The summed E-state index contributed by atoms with van der Waals surface area (Å²) < 4.78 is 10.7. The Balaban J connectivity index is 1.31. The van der Waals surface area contributed by atoms with Gasteiger partial charge in [-0.25, -0.2) is 4.79 Å². The second-order valence-corrected chi connectivity index (χ2v) is 11.3. The average Bonchev–Trinajstić information content (AvgIpc) is 3.38. The molecule has 0 bridgehead atoms. The van der Waals surface area contributed by atoms with Crippen molar-refractivity contribution in [3.05, 3.63) is 47.5 Å². The van der Waals surface area contributed by atoms with Gasteiger partial charge >= 0.3 is 13.2 Å². The fourth-order valence-electron chi connectivity index (χ4n) is 5.58. The third-order valence-corrected chi connectivity index (χ3v) is 8.12. The van der Waals surface area contributed by atoms with Gasteiger partial charge in [0.1, 0.15) is 18.2 Å². The number of carbonyl (C=O) groups is 2. The van der Waals surface area contributed by atoms with E-state index >= 15 is 0 Å². The van der Waals surface area contributed by atoms with Gasteiger partial charge in [-0.3, -0.25) is 14.6 Å². The lowest BCUT2D eigenvalue weighted by Crippen LogP contribution is -2.59. The van der Waals surface area contributed by atoms with Gasteiger partial charge in [-0.15, -0.1) is 0 Å². The molecule has 4 rings (SSSR count). The van der Waals surface area contributed by atoms with Gasteiger partial charge in [-0.05, 0) is 44.7 Å². The van der Waals surface area contributed by atoms with Crippen molar-refractivity contribution in [3.63, 3.8) is 0 Å². The Morgan fingerprint density at radius 2 is 1.90 bits per heavy atom. The van der Waals surface area contributed by atoms with E-state index < -0.39 is 24.7 Å². The van der Waals surface area contributed by atoms with E-state index in [0.717, 1.165) is 51.4 Å². The predicted molar refractivity (Wildman–Crippen MR) is 149 cm³/mol. The molecule has 2 atom stereocenters. The predicted octanol–water partition coefficient (Wildman–Crippen LogP) is 0.572. The number of hydrogen-bond acceptors (Lipinski definition) is 9. The lowest BCUT2D eigenvalue weighted by molar-refractivity contribution is -0.128. The number of rotatable bonds is 10. The molecule has 0 aliphatic carbocycles. The first kappa shape index (κ1) is 30.0. The highest BCUT2D eigenvalue weighted by atomic mass is 16.5. The molecule has 3 fully saturated rings. The van der Waals surface area contributed by atoms with Gasteiger partial charge in [0.05, 0.1) is 31.2 Å². The summed E-state index contributed by atoms with van der Waals surface area (Å²) in [5, 5.41) is 31.9. The fraction of sp³-hybridized carbons (Fsp3) is 0.607. The number of likely N-dealkylation sites (tertiary alicyclic amines) is 1. The van der Waals surface area contributed by atoms with Crippen LogP contribution in [0.3, 0.4) is 0 Å². The molecule has 0 radical (unpaired) electrons. The van der Waals surface area contributed by atoms with Crippen molar-refractivity contribution in [2.75, 3.05) is 52.5 Å². The zero-order valence-electron chi connectivity index (χ0n) is 23.4. The summed E-state index contributed by atoms with van der Waals surface area (Å²) in [6, 6.07) is 11.4. The minimum Gasteiger partial charge on any atom is -0.447 e. The molecule has 3 saturated heterocycles. The lowest BCUT2D eigenvalue weighted by Gasteiger charge is -2.46. The molecular formula is C28H40BN5O6. The molecule has 1 aromatic rings. The Bertz CT molecular complexity index is 1080. The van der Waals surface area contributed by atoms with Crippen molar-refractivity contribution in [2.24, 2.45) is 0 Å². The van der Waals surface area contributed by atoms with Gasteiger partial charge in [0, 0.05) is 38.3 Å². The van der Waals surface area contributed by atoms with Crippen LogP contribution >= 0.6 is 0 Å². The van der Waals surface area contributed by atoms with E-state index in [1.54, 1.807) is 11.0 Å². The summed E-state index contributed by atoms with van der Waals surface area (Å²) in [6.45, 7) is 9.58. The quantitative estimate of drug-likeness (QED) is 0.216. The van der Waals surface area contributed by atoms with E-state index in [9.17, 15) is 24.9 Å². The average molecular weight is 553 g/mol. The van der Waals surface area contributed by atoms with Crippen LogP contribution in [-0.2, 0) is 20.7 Å². The van der Waals surface area contributed by atoms with E-state index in [1.165, 1.54) is 0 Å². The first-order chi connectivity index (χ1) is 19.2. The van der Waals surface area contributed by atoms with Crippen LogP contribution in [-0.4, -0.2) is 120 Å². The van der Waals surface area contributed by atoms with Crippen LogP contribution in [0.5, 0.6) is 0 Å². The fourth-order valence-corrected chi connectivity index (χ4v) is 5.58. The Hall–Kier alpha value is -2.95. The molecule has 2 amide bonds. The number of benzene rings is 1. The van der Waals surface area contributed by atoms with Crippen LogP contribution in [0.15, 0.2) is 42.0 Å². The second-order valence-electron chi connectivity index (χ2n) is 11.3. The Kier molecular flexibility index (Phi) is 10.2. The van der Waals surface area contributed by atoms with Gasteiger partial charge in [0.15, 0.2) is 0 Å². The zero-order valence-corrected chi connectivity index (χ0v) is 23.4. The summed E-state index contributed by atoms with van der Waals surface area (Å²) in [5.41, 5.74) is 0.442. The third-order valence-electron chi connectivity index (χ3n) is 8.12. The molecule has 3 heterocycles. The molecule has 0 spiro atoms. The van der Waals surface area contributed by atoms with Gasteiger partial charge in [-0.1, -0.05) is 30.3 Å². The van der Waals surface area contributed by atoms with Crippen molar-refractivity contribution in [1.82, 2.24) is 20.0 Å². The Morgan fingerprint density at radius 3 is 2.50 bits per heavy atom. The maximum Gasteiger partial charge on any atom is 0.475 e. The maximum absolute atomic E-state index is 13.4. The number of amides is 2. The Morgan fingerprint density at radius 1 is 1.20 bits per heavy atom. The van der Waals surface area contributed by atoms with Crippen molar-refractivity contribution < 1.29 is 29.1 Å². The molecule has 216 valence electrons. The summed E-state index contributed by atoms with van der Waals surface area (Å²) in [7, 11) is -1.76. The summed E-state index contributed by atoms with van der Waals surface area (Å²) in [4.78, 5) is 32.2. The minimum absolute atomic E-state index is 0.0495. The first-order valence-electron chi connectivity index (χ1n) is 14.0. The molecule has 3 N–H and O–H groups in total. The zero-order chi connectivity index (χ0) is 28.7. The van der Waals surface area contributed by atoms with Gasteiger partial charge in [-0.2, -0.15) is 5.26 Å². The van der Waals surface area contributed by atoms with Crippen LogP contribution in [0.1, 0.15) is 32.3 Å². The van der Waals surface area contributed by atoms with E-state index in [0.29, 0.717) is 19.0 Å². The van der Waals surface area contributed by atoms with Crippen molar-refractivity contribution >= 4 is 19.1 Å². The van der Waals surface area contributed by atoms with Gasteiger partial charge in [0.25, 0.3) is 5.91 Å². The number of nitrogens with one attached hydrogen (secondary N) is 1. The number of alkyl carbamates (subject to hydrolysis) is 1. The van der Waals surface area contributed by atoms with Crippen molar-refractivity contribution in [2.45, 2.75) is 56.7 Å². The van der Waals surface area contributed by atoms with Gasteiger partial charge in [0.2, 0.25) is 0 Å². The van der Waals surface area contributed by atoms with Crippen LogP contribution in [0, 0.1) is 11.3 Å². The summed E-state index contributed by atoms with van der Waals surface area (Å²) >= 11 is 0. The number of hydrogen-bond donors (Lipinski definition) is 3. The Labute approximate surface area is 236 Å². The second kappa shape index (κ2) is 13.6. The van der Waals surface area contributed by atoms with E-state index in [4.69, 9.17) is 9.47 Å². The molecule has 11 nitrogen and oxygen atoms in total. The molecule has 12 heteroatoms. The third kappa shape index (κ3) is 7.62. The highest BCUT2D eigenvalue weighted by Gasteiger charge is 2.36. The monoisotopic (exact) mass is 553 g/mol. The summed E-state index contributed by atoms with van der Waals surface area (Å²) in [5.74, 6) is -1.31. The maximum atomic E-state index is 13.4. The molecular weight excluding hydrogens is 513 g/mol. The SMILES string of the molecule is CC(C)(/C=C(\C#N)C(=O)N1CCC[C@@H]1COC(=O)N[C@@H](Cc1ccccc1)B(O)O)N1CCN(C2COC2)CC1. The van der Waals surface area contributed by atoms with Crippen LogP contribution < -0.4 is 5.32 Å². The van der Waals surface area contributed by atoms with Gasteiger partial charge < -0.3 is 29.7 Å². The molecule has 1 aromatic carbocycles. The van der Waals surface area contributed by atoms with Crippen molar-refractivity contribution in [1.29, 1.82) is 5.26 Å². The lowest BCUT2D eigenvalue weighted by atomic mass is 9.76. The highest BCUT2D eigenvalue weighted by molar-refractivity contribution is 6.43. The van der Waals surface area contributed by atoms with Crippen LogP contribution in [0.25, 0.3) is 0 Å². The van der Waals surface area contributed by atoms with Crippen LogP contribution in [0.4, 0.5) is 4.79 Å². The number of piperazine rings is 1. The minimum atomic E-state index is -1.76. The number of nitrogens with zero attached hydrogens (tertiary/aromatic N) is 4. The largest absolute Gasteiger partial charge is 0.475 e. The smallest absolute Gasteiger partial charge is 0.447 e. The molecule has 3 aliphatic rings. The van der Waals surface area contributed by atoms with E-state index in [1.807, 2.05) is 44.2 Å². The number of carbonyl (C=O) groups excluding carboxylic acids is 2. The first-order valence-corrected chi connectivity index (χ1v) is 14.0. The van der Waals surface area contributed by atoms with E-state index in [2.05, 4.69) is 21.2 Å². The number of nitriles is 1.